The van der Waals surface area contributed by atoms with Gasteiger partial charge in [-0.25, -0.2) is 9.67 Å². The van der Waals surface area contributed by atoms with Gasteiger partial charge in [-0.3, -0.25) is 4.79 Å². The fourth-order valence-corrected chi connectivity index (χ4v) is 1.87. The van der Waals surface area contributed by atoms with Crippen molar-refractivity contribution in [2.45, 2.75) is 31.4 Å². The van der Waals surface area contributed by atoms with E-state index in [1.54, 1.807) is 7.11 Å². The molecule has 17 heavy (non-hydrogen) atoms. The normalized spacial score (nSPS) is 17.5. The molecule has 0 aromatic carbocycles. The van der Waals surface area contributed by atoms with E-state index in [1.807, 2.05) is 0 Å². The molecule has 1 amide bonds. The molecule has 2 rings (SSSR count). The smallest absolute Gasteiger partial charge is 0.241 e. The van der Waals surface area contributed by atoms with Gasteiger partial charge in [-0.1, -0.05) is 0 Å². The van der Waals surface area contributed by atoms with Crippen LogP contribution in [0.3, 0.4) is 0 Å². The second-order valence-electron chi connectivity index (χ2n) is 4.32. The molecule has 0 bridgehead atoms. The molecular weight excluding hydrogens is 222 g/mol. The molecule has 7 heteroatoms. The first-order chi connectivity index (χ1) is 8.13. The molecule has 1 fully saturated rings. The van der Waals surface area contributed by atoms with Gasteiger partial charge in [0.2, 0.25) is 11.9 Å². The van der Waals surface area contributed by atoms with Crippen molar-refractivity contribution in [2.75, 3.05) is 19.4 Å². The van der Waals surface area contributed by atoms with Gasteiger partial charge in [-0.05, 0) is 19.3 Å². The number of amides is 1. The zero-order valence-corrected chi connectivity index (χ0v) is 9.85. The summed E-state index contributed by atoms with van der Waals surface area (Å²) in [5, 5.41) is 6.68. The Hall–Kier alpha value is -1.63. The van der Waals surface area contributed by atoms with Crippen molar-refractivity contribution in [2.24, 2.45) is 0 Å². The number of nitrogen functional groups attached to an aromatic ring is 1. The van der Waals surface area contributed by atoms with Crippen LogP contribution in [0.5, 0.6) is 0 Å². The van der Waals surface area contributed by atoms with Crippen LogP contribution < -0.4 is 11.1 Å². The van der Waals surface area contributed by atoms with Gasteiger partial charge in [0.15, 0.2) is 0 Å². The van der Waals surface area contributed by atoms with Crippen LogP contribution in [0.15, 0.2) is 6.33 Å². The molecule has 0 atom stereocenters. The first-order valence-electron chi connectivity index (χ1n) is 5.60. The third-order valence-corrected chi connectivity index (χ3v) is 3.17. The quantitative estimate of drug-likeness (QED) is 0.725. The Labute approximate surface area is 99.3 Å². The van der Waals surface area contributed by atoms with Gasteiger partial charge >= 0.3 is 0 Å². The lowest BCUT2D eigenvalue weighted by Gasteiger charge is -2.40. The average molecular weight is 239 g/mol. The first kappa shape index (κ1) is 11.8. The highest BCUT2D eigenvalue weighted by Gasteiger charge is 2.37. The van der Waals surface area contributed by atoms with Gasteiger partial charge in [-0.15, -0.1) is 5.10 Å². The van der Waals surface area contributed by atoms with Gasteiger partial charge in [0, 0.05) is 13.7 Å². The Bertz CT molecular complexity index is 394. The van der Waals surface area contributed by atoms with Crippen LogP contribution >= 0.6 is 0 Å². The number of carbonyl (C=O) groups excluding carboxylic acids is 1. The number of hydrogen-bond acceptors (Lipinski definition) is 5. The molecule has 1 aromatic rings. The highest BCUT2D eigenvalue weighted by atomic mass is 16.5. The average Bonchev–Trinajstić information content (AvgIpc) is 2.63. The minimum absolute atomic E-state index is 0.113. The minimum Gasteiger partial charge on any atom is -0.376 e. The van der Waals surface area contributed by atoms with Crippen LogP contribution in [-0.4, -0.2) is 39.9 Å². The lowest BCUT2D eigenvalue weighted by molar-refractivity contribution is -0.125. The molecule has 0 spiro atoms. The number of ether oxygens (including phenoxy) is 1. The van der Waals surface area contributed by atoms with Gasteiger partial charge in [0.25, 0.3) is 0 Å². The highest BCUT2D eigenvalue weighted by Crippen LogP contribution is 2.34. The summed E-state index contributed by atoms with van der Waals surface area (Å²) in [5.41, 5.74) is 5.20. The SMILES string of the molecule is COC1(CNC(=O)Cn2cnc(N)n2)CCC1. The van der Waals surface area contributed by atoms with Crippen LogP contribution in [0, 0.1) is 0 Å². The largest absolute Gasteiger partial charge is 0.376 e. The highest BCUT2D eigenvalue weighted by molar-refractivity contribution is 5.75. The Balaban J connectivity index is 1.78. The molecule has 0 unspecified atom stereocenters. The predicted octanol–water partition coefficient (Wildman–Crippen LogP) is -0.454. The van der Waals surface area contributed by atoms with Crippen LogP contribution in [0.1, 0.15) is 19.3 Å². The second-order valence-corrected chi connectivity index (χ2v) is 4.32. The van der Waals surface area contributed by atoms with Crippen molar-refractivity contribution in [3.8, 4) is 0 Å². The lowest BCUT2D eigenvalue weighted by Crippen LogP contribution is -2.49. The summed E-state index contributed by atoms with van der Waals surface area (Å²) in [6, 6.07) is 0. The van der Waals surface area contributed by atoms with Crippen LogP contribution in [-0.2, 0) is 16.1 Å². The first-order valence-corrected chi connectivity index (χ1v) is 5.60. The maximum atomic E-state index is 11.6. The lowest BCUT2D eigenvalue weighted by atomic mass is 9.80. The molecule has 3 N–H and O–H groups in total. The molecule has 1 aliphatic rings. The van der Waals surface area contributed by atoms with Crippen LogP contribution in [0.2, 0.25) is 0 Å². The summed E-state index contributed by atoms with van der Waals surface area (Å²) in [6.07, 6.45) is 4.59. The fourth-order valence-electron chi connectivity index (χ4n) is 1.87. The summed E-state index contributed by atoms with van der Waals surface area (Å²) in [5.74, 6) is 0.0587. The van der Waals surface area contributed by atoms with Gasteiger partial charge in [0.05, 0.1) is 5.60 Å². The maximum Gasteiger partial charge on any atom is 0.241 e. The minimum atomic E-state index is -0.156. The summed E-state index contributed by atoms with van der Waals surface area (Å²) < 4.78 is 6.82. The number of rotatable bonds is 5. The molecule has 1 aliphatic carbocycles. The number of nitrogens with one attached hydrogen (secondary N) is 1. The Kier molecular flexibility index (Phi) is 3.28. The number of methoxy groups -OCH3 is 1. The monoisotopic (exact) mass is 239 g/mol. The zero-order chi connectivity index (χ0) is 12.3. The number of nitrogens with two attached hydrogens (primary N) is 1. The van der Waals surface area contributed by atoms with E-state index in [-0.39, 0.29) is 24.0 Å². The number of anilines is 1. The van der Waals surface area contributed by atoms with E-state index in [4.69, 9.17) is 10.5 Å². The summed E-state index contributed by atoms with van der Waals surface area (Å²) in [4.78, 5) is 15.4. The Morgan fingerprint density at radius 2 is 2.47 bits per heavy atom. The molecule has 1 aromatic heterocycles. The van der Waals surface area contributed by atoms with Crippen molar-refractivity contribution >= 4 is 11.9 Å². The molecule has 0 aliphatic heterocycles. The Morgan fingerprint density at radius 3 is 2.94 bits per heavy atom. The zero-order valence-electron chi connectivity index (χ0n) is 9.85. The third-order valence-electron chi connectivity index (χ3n) is 3.17. The van der Waals surface area contributed by atoms with E-state index >= 15 is 0 Å². The number of aromatic nitrogens is 3. The molecule has 7 nitrogen and oxygen atoms in total. The van der Waals surface area contributed by atoms with E-state index in [1.165, 1.54) is 11.0 Å². The van der Waals surface area contributed by atoms with Gasteiger partial charge in [0.1, 0.15) is 12.9 Å². The summed E-state index contributed by atoms with van der Waals surface area (Å²) >= 11 is 0. The van der Waals surface area contributed by atoms with E-state index in [0.29, 0.717) is 6.54 Å². The molecule has 0 radical (unpaired) electrons. The van der Waals surface area contributed by atoms with Gasteiger partial charge in [-0.2, -0.15) is 0 Å². The summed E-state index contributed by atoms with van der Waals surface area (Å²) in [7, 11) is 1.68. The van der Waals surface area contributed by atoms with E-state index in [0.717, 1.165) is 19.3 Å². The van der Waals surface area contributed by atoms with E-state index < -0.39 is 0 Å². The predicted molar refractivity (Wildman–Crippen MR) is 61.0 cm³/mol. The molecule has 0 saturated heterocycles. The third kappa shape index (κ3) is 2.73. The van der Waals surface area contributed by atoms with Crippen molar-refractivity contribution in [3.63, 3.8) is 0 Å². The second kappa shape index (κ2) is 4.70. The number of nitrogens with zero attached hydrogens (tertiary/aromatic N) is 3. The van der Waals surface area contributed by atoms with Crippen molar-refractivity contribution in [3.05, 3.63) is 6.33 Å². The molecular formula is C10H17N5O2. The molecule has 1 heterocycles. The van der Waals surface area contributed by atoms with E-state index in [2.05, 4.69) is 15.4 Å². The van der Waals surface area contributed by atoms with Gasteiger partial charge < -0.3 is 15.8 Å². The molecule has 1 saturated carbocycles. The topological polar surface area (TPSA) is 95.1 Å². The van der Waals surface area contributed by atoms with Crippen LogP contribution in [0.25, 0.3) is 0 Å². The van der Waals surface area contributed by atoms with Crippen molar-refractivity contribution in [1.29, 1.82) is 0 Å². The van der Waals surface area contributed by atoms with Crippen molar-refractivity contribution in [1.82, 2.24) is 20.1 Å². The standard InChI is InChI=1S/C10H17N5O2/c1-17-10(3-2-4-10)6-12-8(16)5-15-7-13-9(11)14-15/h7H,2-6H2,1H3,(H2,11,14)(H,12,16). The van der Waals surface area contributed by atoms with Crippen molar-refractivity contribution < 1.29 is 9.53 Å². The molecule has 94 valence electrons. The Morgan fingerprint density at radius 1 is 1.71 bits per heavy atom. The summed E-state index contributed by atoms with van der Waals surface area (Å²) in [6.45, 7) is 0.677. The van der Waals surface area contributed by atoms with E-state index in [9.17, 15) is 4.79 Å². The number of carbonyl (C=O) groups is 1. The maximum absolute atomic E-state index is 11.6. The van der Waals surface area contributed by atoms with Crippen LogP contribution in [0.4, 0.5) is 5.95 Å². The fraction of sp³-hybridized carbons (Fsp3) is 0.700. The number of hydrogen-bond donors (Lipinski definition) is 2.